The molecule has 2 fully saturated rings. The van der Waals surface area contributed by atoms with Gasteiger partial charge in [-0.15, -0.1) is 0 Å². The van der Waals surface area contributed by atoms with Gasteiger partial charge in [-0.3, -0.25) is 9.59 Å². The van der Waals surface area contributed by atoms with Gasteiger partial charge in [0, 0.05) is 16.4 Å². The molecule has 1 amide bonds. The highest BCUT2D eigenvalue weighted by Gasteiger charge is 2.57. The van der Waals surface area contributed by atoms with Crippen molar-refractivity contribution >= 4 is 27.8 Å². The van der Waals surface area contributed by atoms with Crippen molar-refractivity contribution in [3.63, 3.8) is 0 Å². The summed E-state index contributed by atoms with van der Waals surface area (Å²) < 4.78 is 1.02. The first-order chi connectivity index (χ1) is 9.48. The van der Waals surface area contributed by atoms with E-state index in [1.54, 1.807) is 0 Å². The number of hydrogen-bond acceptors (Lipinski definition) is 2. The second-order valence-electron chi connectivity index (χ2n) is 5.86. The third-order valence-electron chi connectivity index (χ3n) is 4.47. The number of nitrogens with one attached hydrogen (secondary N) is 1. The Hall–Kier alpha value is -1.36. The number of amides is 1. The molecule has 0 unspecified atom stereocenters. The average Bonchev–Trinajstić information content (AvgIpc) is 3.29. The summed E-state index contributed by atoms with van der Waals surface area (Å²) in [5, 5.41) is 12.0. The molecule has 5 heteroatoms. The number of carboxylic acid groups (broad SMARTS) is 1. The molecule has 1 aromatic carbocycles. The van der Waals surface area contributed by atoms with E-state index >= 15 is 0 Å². The Kier molecular flexibility index (Phi) is 3.12. The van der Waals surface area contributed by atoms with Crippen molar-refractivity contribution in [1.29, 1.82) is 0 Å². The molecule has 2 saturated carbocycles. The SMILES string of the molecule is O=C(O)C1(C(=O)NCC2(c3cccc(Br)c3)CC2)CC1. The van der Waals surface area contributed by atoms with E-state index < -0.39 is 11.4 Å². The Morgan fingerprint density at radius 2 is 1.95 bits per heavy atom. The number of rotatable bonds is 5. The molecule has 20 heavy (non-hydrogen) atoms. The average molecular weight is 338 g/mol. The fourth-order valence-electron chi connectivity index (χ4n) is 2.62. The fraction of sp³-hybridized carbons (Fsp3) is 0.467. The lowest BCUT2D eigenvalue weighted by molar-refractivity contribution is -0.149. The van der Waals surface area contributed by atoms with Crippen LogP contribution in [-0.4, -0.2) is 23.5 Å². The Morgan fingerprint density at radius 3 is 2.45 bits per heavy atom. The van der Waals surface area contributed by atoms with Gasteiger partial charge in [0.1, 0.15) is 5.41 Å². The minimum Gasteiger partial charge on any atom is -0.480 e. The van der Waals surface area contributed by atoms with Crippen LogP contribution in [0, 0.1) is 5.41 Å². The molecule has 4 nitrogen and oxygen atoms in total. The number of carboxylic acids is 1. The Bertz CT molecular complexity index is 576. The summed E-state index contributed by atoms with van der Waals surface area (Å²) in [6, 6.07) is 8.10. The van der Waals surface area contributed by atoms with Crippen LogP contribution in [0.2, 0.25) is 0 Å². The quantitative estimate of drug-likeness (QED) is 0.811. The number of benzene rings is 1. The molecule has 0 heterocycles. The van der Waals surface area contributed by atoms with Gasteiger partial charge in [0.25, 0.3) is 0 Å². The van der Waals surface area contributed by atoms with Crippen LogP contribution in [-0.2, 0) is 15.0 Å². The summed E-state index contributed by atoms with van der Waals surface area (Å²) in [4.78, 5) is 23.2. The van der Waals surface area contributed by atoms with Gasteiger partial charge in [-0.25, -0.2) is 0 Å². The predicted octanol–water partition coefficient (Wildman–Crippen LogP) is 2.46. The molecule has 2 aliphatic carbocycles. The van der Waals surface area contributed by atoms with Crippen LogP contribution >= 0.6 is 15.9 Å². The summed E-state index contributed by atoms with van der Waals surface area (Å²) in [6.45, 7) is 0.525. The smallest absolute Gasteiger partial charge is 0.319 e. The molecule has 0 radical (unpaired) electrons. The van der Waals surface area contributed by atoms with Crippen molar-refractivity contribution in [2.45, 2.75) is 31.1 Å². The standard InChI is InChI=1S/C15H16BrNO3/c16-11-3-1-2-10(8-11)14(4-5-14)9-17-12(18)15(6-7-15)13(19)20/h1-3,8H,4-7,9H2,(H,17,18)(H,19,20). The summed E-state index contributed by atoms with van der Waals surface area (Å²) in [5.41, 5.74) is 0.0498. The topological polar surface area (TPSA) is 66.4 Å². The summed E-state index contributed by atoms with van der Waals surface area (Å²) in [6.07, 6.45) is 2.98. The van der Waals surface area contributed by atoms with Crippen molar-refractivity contribution in [3.05, 3.63) is 34.3 Å². The fourth-order valence-corrected chi connectivity index (χ4v) is 3.02. The van der Waals surface area contributed by atoms with E-state index in [1.165, 1.54) is 5.56 Å². The van der Waals surface area contributed by atoms with Crippen LogP contribution in [0.5, 0.6) is 0 Å². The van der Waals surface area contributed by atoms with E-state index in [1.807, 2.05) is 12.1 Å². The molecule has 2 N–H and O–H groups in total. The van der Waals surface area contributed by atoms with Gasteiger partial charge in [0.2, 0.25) is 5.91 Å². The predicted molar refractivity (Wildman–Crippen MR) is 77.4 cm³/mol. The molecular weight excluding hydrogens is 322 g/mol. The minimum atomic E-state index is -1.15. The van der Waals surface area contributed by atoms with E-state index in [0.29, 0.717) is 19.4 Å². The number of aliphatic carboxylic acids is 1. The Balaban J connectivity index is 1.67. The highest BCUT2D eigenvalue weighted by Crippen LogP contribution is 2.49. The van der Waals surface area contributed by atoms with Crippen LogP contribution in [0.3, 0.4) is 0 Å². The Labute approximate surface area is 125 Å². The number of halogens is 1. The van der Waals surface area contributed by atoms with Crippen molar-refractivity contribution in [2.24, 2.45) is 5.41 Å². The molecule has 1 aromatic rings. The zero-order valence-corrected chi connectivity index (χ0v) is 12.6. The molecular formula is C15H16BrNO3. The first-order valence-electron chi connectivity index (χ1n) is 6.76. The maximum absolute atomic E-state index is 12.0. The summed E-state index contributed by atoms with van der Waals surface area (Å²) in [5.74, 6) is -1.33. The van der Waals surface area contributed by atoms with Gasteiger partial charge in [-0.2, -0.15) is 0 Å². The molecule has 0 spiro atoms. The third kappa shape index (κ3) is 2.24. The number of carbonyl (C=O) groups is 2. The molecule has 0 atom stereocenters. The molecule has 0 saturated heterocycles. The van der Waals surface area contributed by atoms with Crippen LogP contribution in [0.15, 0.2) is 28.7 Å². The molecule has 2 aliphatic rings. The van der Waals surface area contributed by atoms with Crippen LogP contribution < -0.4 is 5.32 Å². The van der Waals surface area contributed by atoms with Crippen molar-refractivity contribution in [3.8, 4) is 0 Å². The second-order valence-corrected chi connectivity index (χ2v) is 6.78. The van der Waals surface area contributed by atoms with Gasteiger partial charge in [0.15, 0.2) is 0 Å². The Morgan fingerprint density at radius 1 is 1.25 bits per heavy atom. The lowest BCUT2D eigenvalue weighted by Gasteiger charge is -2.18. The zero-order valence-electron chi connectivity index (χ0n) is 11.0. The van der Waals surface area contributed by atoms with Gasteiger partial charge in [-0.05, 0) is 43.4 Å². The molecule has 0 aliphatic heterocycles. The van der Waals surface area contributed by atoms with Crippen LogP contribution in [0.1, 0.15) is 31.2 Å². The largest absolute Gasteiger partial charge is 0.480 e. The summed E-state index contributed by atoms with van der Waals surface area (Å²) in [7, 11) is 0. The van der Waals surface area contributed by atoms with E-state index in [-0.39, 0.29) is 11.3 Å². The number of carbonyl (C=O) groups excluding carboxylic acids is 1. The van der Waals surface area contributed by atoms with E-state index in [9.17, 15) is 9.59 Å². The monoisotopic (exact) mass is 337 g/mol. The van der Waals surface area contributed by atoms with Crippen molar-refractivity contribution in [1.82, 2.24) is 5.32 Å². The molecule has 3 rings (SSSR count). The highest BCUT2D eigenvalue weighted by atomic mass is 79.9. The normalized spacial score (nSPS) is 21.1. The lowest BCUT2D eigenvalue weighted by Crippen LogP contribution is -2.40. The third-order valence-corrected chi connectivity index (χ3v) is 4.97. The van der Waals surface area contributed by atoms with Crippen molar-refractivity contribution < 1.29 is 14.7 Å². The highest BCUT2D eigenvalue weighted by molar-refractivity contribution is 9.10. The van der Waals surface area contributed by atoms with Crippen molar-refractivity contribution in [2.75, 3.05) is 6.54 Å². The number of hydrogen-bond donors (Lipinski definition) is 2. The molecule has 0 aromatic heterocycles. The van der Waals surface area contributed by atoms with E-state index in [2.05, 4.69) is 33.4 Å². The lowest BCUT2D eigenvalue weighted by atomic mass is 9.95. The molecule has 0 bridgehead atoms. The maximum Gasteiger partial charge on any atom is 0.319 e. The molecule has 106 valence electrons. The van der Waals surface area contributed by atoms with E-state index in [0.717, 1.165) is 17.3 Å². The zero-order chi connectivity index (χ0) is 14.4. The first-order valence-corrected chi connectivity index (χ1v) is 7.56. The van der Waals surface area contributed by atoms with Gasteiger partial charge in [-0.1, -0.05) is 28.1 Å². The first kappa shape index (κ1) is 13.6. The van der Waals surface area contributed by atoms with Gasteiger partial charge in [0.05, 0.1) is 0 Å². The maximum atomic E-state index is 12.0. The van der Waals surface area contributed by atoms with Gasteiger partial charge < -0.3 is 10.4 Å². The van der Waals surface area contributed by atoms with Crippen LogP contribution in [0.4, 0.5) is 0 Å². The minimum absolute atomic E-state index is 0.00593. The van der Waals surface area contributed by atoms with Crippen LogP contribution in [0.25, 0.3) is 0 Å². The second kappa shape index (κ2) is 4.58. The van der Waals surface area contributed by atoms with E-state index in [4.69, 9.17) is 5.11 Å². The summed E-state index contributed by atoms with van der Waals surface area (Å²) >= 11 is 3.46. The van der Waals surface area contributed by atoms with Gasteiger partial charge >= 0.3 is 5.97 Å².